The molecule has 7 nitrogen and oxygen atoms in total. The van der Waals surface area contributed by atoms with Crippen LogP contribution in [-0.4, -0.2) is 50.2 Å². The summed E-state index contributed by atoms with van der Waals surface area (Å²) in [5.74, 6) is 2.38. The van der Waals surface area contributed by atoms with Gasteiger partial charge in [-0.15, -0.1) is 0 Å². The van der Waals surface area contributed by atoms with Gasteiger partial charge in [0, 0.05) is 29.4 Å². The van der Waals surface area contributed by atoms with Crippen LogP contribution in [0, 0.1) is 6.92 Å². The molecule has 3 aromatic rings. The van der Waals surface area contributed by atoms with Crippen molar-refractivity contribution in [3.8, 4) is 17.2 Å². The number of ether oxygens (including phenoxy) is 3. The molecule has 1 saturated heterocycles. The summed E-state index contributed by atoms with van der Waals surface area (Å²) in [4.78, 5) is 20.4. The first-order valence-electron chi connectivity index (χ1n) is 11.9. The van der Waals surface area contributed by atoms with Gasteiger partial charge in [-0.05, 0) is 75.3 Å². The summed E-state index contributed by atoms with van der Waals surface area (Å²) < 4.78 is 16.3. The number of benzene rings is 2. The van der Waals surface area contributed by atoms with Crippen molar-refractivity contribution in [1.29, 1.82) is 0 Å². The molecule has 1 aliphatic heterocycles. The van der Waals surface area contributed by atoms with E-state index in [0.29, 0.717) is 5.56 Å². The van der Waals surface area contributed by atoms with E-state index in [2.05, 4.69) is 16.3 Å². The number of carbonyl (C=O) groups excluding carboxylic acids is 1. The van der Waals surface area contributed by atoms with Crippen molar-refractivity contribution in [2.75, 3.05) is 39.7 Å². The predicted molar refractivity (Wildman–Crippen MR) is 137 cm³/mol. The topological polar surface area (TPSA) is 72.9 Å². The third-order valence-corrected chi connectivity index (χ3v) is 6.51. The van der Waals surface area contributed by atoms with Crippen molar-refractivity contribution in [1.82, 2.24) is 9.88 Å². The number of amides is 1. The second-order valence-corrected chi connectivity index (χ2v) is 8.77. The number of nitrogens with one attached hydrogen (secondary N) is 1. The van der Waals surface area contributed by atoms with Gasteiger partial charge >= 0.3 is 0 Å². The van der Waals surface area contributed by atoms with Crippen molar-refractivity contribution < 1.29 is 19.0 Å². The molecule has 35 heavy (non-hydrogen) atoms. The first-order chi connectivity index (χ1) is 17.0. The number of likely N-dealkylation sites (tertiary alicyclic amines) is 1. The zero-order chi connectivity index (χ0) is 24.8. The Balaban J connectivity index is 1.45. The van der Waals surface area contributed by atoms with Crippen molar-refractivity contribution in [3.05, 3.63) is 77.1 Å². The lowest BCUT2D eigenvalue weighted by atomic mass is 9.89. The van der Waals surface area contributed by atoms with Crippen molar-refractivity contribution in [2.24, 2.45) is 0 Å². The number of aryl methyl sites for hydroxylation is 1. The number of piperidine rings is 1. The molecule has 1 amide bonds. The summed E-state index contributed by atoms with van der Waals surface area (Å²) in [5.41, 5.74) is 4.28. The Morgan fingerprint density at radius 3 is 2.37 bits per heavy atom. The molecule has 184 valence electrons. The Labute approximate surface area is 207 Å². The van der Waals surface area contributed by atoms with Crippen LogP contribution in [0.2, 0.25) is 0 Å². The molecule has 0 atom stereocenters. The highest BCUT2D eigenvalue weighted by Crippen LogP contribution is 2.34. The summed E-state index contributed by atoms with van der Waals surface area (Å²) in [6.07, 6.45) is 1.87. The zero-order valence-corrected chi connectivity index (χ0v) is 20.8. The van der Waals surface area contributed by atoms with Gasteiger partial charge in [0.25, 0.3) is 5.91 Å². The molecular formula is C28H33N3O4. The molecule has 1 N–H and O–H groups in total. The first-order valence-corrected chi connectivity index (χ1v) is 11.9. The second kappa shape index (κ2) is 11.2. The maximum atomic E-state index is 13.2. The average molecular weight is 476 g/mol. The summed E-state index contributed by atoms with van der Waals surface area (Å²) in [7, 11) is 4.95. The molecule has 1 aromatic heterocycles. The van der Waals surface area contributed by atoms with Gasteiger partial charge in [0.2, 0.25) is 0 Å². The molecule has 2 heterocycles. The van der Waals surface area contributed by atoms with Crippen molar-refractivity contribution in [3.63, 3.8) is 0 Å². The molecule has 0 spiro atoms. The van der Waals surface area contributed by atoms with Crippen LogP contribution >= 0.6 is 0 Å². The molecule has 0 saturated carbocycles. The summed E-state index contributed by atoms with van der Waals surface area (Å²) in [5, 5.41) is 3.00. The molecule has 0 aliphatic carbocycles. The smallest absolute Gasteiger partial charge is 0.257 e. The van der Waals surface area contributed by atoms with E-state index in [-0.39, 0.29) is 11.8 Å². The quantitative estimate of drug-likeness (QED) is 0.492. The SMILES string of the molecule is COc1ccc(NC(=O)c2ccc(C)nc2C2CCN(Cc3cccc(OC)c3OC)CC2)cc1. The van der Waals surface area contributed by atoms with Crippen LogP contribution in [0.25, 0.3) is 0 Å². The van der Waals surface area contributed by atoms with E-state index in [1.165, 1.54) is 0 Å². The van der Waals surface area contributed by atoms with E-state index in [9.17, 15) is 4.79 Å². The highest BCUT2D eigenvalue weighted by atomic mass is 16.5. The Morgan fingerprint density at radius 2 is 1.71 bits per heavy atom. The highest BCUT2D eigenvalue weighted by Gasteiger charge is 2.27. The number of carbonyl (C=O) groups is 1. The van der Waals surface area contributed by atoms with Crippen molar-refractivity contribution >= 4 is 11.6 Å². The summed E-state index contributed by atoms with van der Waals surface area (Å²) in [6.45, 7) is 4.60. The van der Waals surface area contributed by atoms with Gasteiger partial charge in [0.1, 0.15) is 5.75 Å². The van der Waals surface area contributed by atoms with Gasteiger partial charge in [0.05, 0.1) is 32.6 Å². The average Bonchev–Trinajstić information content (AvgIpc) is 2.89. The number of hydrogen-bond acceptors (Lipinski definition) is 6. The van der Waals surface area contributed by atoms with Crippen LogP contribution in [0.3, 0.4) is 0 Å². The first kappa shape index (κ1) is 24.5. The monoisotopic (exact) mass is 475 g/mol. The molecule has 7 heteroatoms. The lowest BCUT2D eigenvalue weighted by molar-refractivity contribution is 0.102. The van der Waals surface area contributed by atoms with Crippen LogP contribution in [0.4, 0.5) is 5.69 Å². The van der Waals surface area contributed by atoms with E-state index >= 15 is 0 Å². The van der Waals surface area contributed by atoms with Gasteiger partial charge in [-0.1, -0.05) is 12.1 Å². The maximum Gasteiger partial charge on any atom is 0.257 e. The zero-order valence-electron chi connectivity index (χ0n) is 20.8. The normalized spacial score (nSPS) is 14.4. The lowest BCUT2D eigenvalue weighted by Crippen LogP contribution is -2.33. The number of para-hydroxylation sites is 1. The minimum Gasteiger partial charge on any atom is -0.497 e. The van der Waals surface area contributed by atoms with E-state index in [4.69, 9.17) is 19.2 Å². The standard InChI is InChI=1S/C28H33N3O4/c1-19-8-13-24(28(32)30-22-9-11-23(33-2)12-10-22)26(29-19)20-14-16-31(17-15-20)18-21-6-5-7-25(34-3)27(21)35-4/h5-13,20H,14-18H2,1-4H3,(H,30,32). The number of hydrogen-bond donors (Lipinski definition) is 1. The van der Waals surface area contributed by atoms with Gasteiger partial charge in [-0.3, -0.25) is 14.7 Å². The van der Waals surface area contributed by atoms with E-state index in [0.717, 1.165) is 72.4 Å². The molecule has 2 aromatic carbocycles. The number of aromatic nitrogens is 1. The molecule has 1 fully saturated rings. The number of rotatable bonds is 8. The fourth-order valence-corrected chi connectivity index (χ4v) is 4.64. The van der Waals surface area contributed by atoms with E-state index in [1.54, 1.807) is 21.3 Å². The number of nitrogens with zero attached hydrogens (tertiary/aromatic N) is 2. The fraction of sp³-hybridized carbons (Fsp3) is 0.357. The third-order valence-electron chi connectivity index (χ3n) is 6.51. The highest BCUT2D eigenvalue weighted by molar-refractivity contribution is 6.05. The molecule has 1 aliphatic rings. The molecule has 0 bridgehead atoms. The fourth-order valence-electron chi connectivity index (χ4n) is 4.64. The van der Waals surface area contributed by atoms with Gasteiger partial charge in [-0.2, -0.15) is 0 Å². The van der Waals surface area contributed by atoms with Gasteiger partial charge in [0.15, 0.2) is 11.5 Å². The lowest BCUT2D eigenvalue weighted by Gasteiger charge is -2.32. The van der Waals surface area contributed by atoms with Crippen LogP contribution in [0.15, 0.2) is 54.6 Å². The van der Waals surface area contributed by atoms with Crippen LogP contribution in [-0.2, 0) is 6.54 Å². The Kier molecular flexibility index (Phi) is 7.87. The molecule has 0 unspecified atom stereocenters. The minimum absolute atomic E-state index is 0.138. The Hall–Kier alpha value is -3.58. The van der Waals surface area contributed by atoms with Gasteiger partial charge in [-0.25, -0.2) is 0 Å². The van der Waals surface area contributed by atoms with E-state index in [1.807, 2.05) is 55.5 Å². The van der Waals surface area contributed by atoms with E-state index < -0.39 is 0 Å². The van der Waals surface area contributed by atoms with Crippen LogP contribution in [0.1, 0.15) is 46.1 Å². The molecule has 4 rings (SSSR count). The summed E-state index contributed by atoms with van der Waals surface area (Å²) in [6, 6.07) is 17.1. The van der Waals surface area contributed by atoms with Crippen LogP contribution in [0.5, 0.6) is 17.2 Å². The van der Waals surface area contributed by atoms with Crippen molar-refractivity contribution in [2.45, 2.75) is 32.2 Å². The largest absolute Gasteiger partial charge is 0.497 e. The summed E-state index contributed by atoms with van der Waals surface area (Å²) >= 11 is 0. The Bertz CT molecular complexity index is 1160. The molecule has 0 radical (unpaired) electrons. The number of pyridine rings is 1. The predicted octanol–water partition coefficient (Wildman–Crippen LogP) is 5.05. The minimum atomic E-state index is -0.138. The maximum absolute atomic E-state index is 13.2. The van der Waals surface area contributed by atoms with Gasteiger partial charge < -0.3 is 19.5 Å². The second-order valence-electron chi connectivity index (χ2n) is 8.77. The Morgan fingerprint density at radius 1 is 0.971 bits per heavy atom. The number of methoxy groups -OCH3 is 3. The van der Waals surface area contributed by atoms with Crippen LogP contribution < -0.4 is 19.5 Å². The number of anilines is 1. The molecular weight excluding hydrogens is 442 g/mol. The third kappa shape index (κ3) is 5.74.